The molecule has 2 aliphatic rings. The second-order valence-electron chi connectivity index (χ2n) is 6.49. The van der Waals surface area contributed by atoms with Crippen molar-refractivity contribution >= 4 is 5.91 Å². The molecule has 0 aromatic heterocycles. The predicted molar refractivity (Wildman–Crippen MR) is 79.6 cm³/mol. The molecule has 0 aromatic rings. The molecule has 0 bridgehead atoms. The molecule has 2 atom stereocenters. The molecule has 0 aromatic carbocycles. The van der Waals surface area contributed by atoms with E-state index in [0.717, 1.165) is 45.4 Å². The van der Waals surface area contributed by atoms with Crippen molar-refractivity contribution in [1.82, 2.24) is 14.7 Å². The highest BCUT2D eigenvalue weighted by Gasteiger charge is 2.33. The molecular formula is C15H29N3O2. The molecule has 2 fully saturated rings. The Morgan fingerprint density at radius 2 is 1.90 bits per heavy atom. The second kappa shape index (κ2) is 6.87. The van der Waals surface area contributed by atoms with Crippen molar-refractivity contribution in [2.24, 2.45) is 0 Å². The Bertz CT molecular complexity index is 327. The number of piperazine rings is 1. The van der Waals surface area contributed by atoms with Crippen LogP contribution in [0.1, 0.15) is 33.1 Å². The van der Waals surface area contributed by atoms with Gasteiger partial charge in [-0.25, -0.2) is 0 Å². The summed E-state index contributed by atoms with van der Waals surface area (Å²) in [6, 6.07) is 0.722. The van der Waals surface area contributed by atoms with Gasteiger partial charge in [-0.05, 0) is 40.2 Å². The maximum absolute atomic E-state index is 12.2. The molecule has 1 heterocycles. The van der Waals surface area contributed by atoms with Crippen LogP contribution in [0.4, 0.5) is 0 Å². The molecule has 1 saturated carbocycles. The molecule has 0 unspecified atom stereocenters. The van der Waals surface area contributed by atoms with Gasteiger partial charge in [0.05, 0.1) is 12.6 Å². The van der Waals surface area contributed by atoms with Crippen molar-refractivity contribution in [3.63, 3.8) is 0 Å². The number of carbonyl (C=O) groups excluding carboxylic acids is 1. The standard InChI is InChI=1S/C15H29N3O2/c1-12(2)16(3)11-15(20)18-9-7-17(8-10-18)13-5-4-6-14(13)19/h12-14,19H,4-11H2,1-3H3/t13-,14+/m0/s1. The lowest BCUT2D eigenvalue weighted by Crippen LogP contribution is -2.55. The van der Waals surface area contributed by atoms with E-state index in [-0.39, 0.29) is 12.0 Å². The average molecular weight is 283 g/mol. The lowest BCUT2D eigenvalue weighted by molar-refractivity contribution is -0.134. The largest absolute Gasteiger partial charge is 0.391 e. The molecule has 2 rings (SSSR count). The Morgan fingerprint density at radius 1 is 1.25 bits per heavy atom. The highest BCUT2D eigenvalue weighted by Crippen LogP contribution is 2.25. The molecule has 1 aliphatic carbocycles. The van der Waals surface area contributed by atoms with Gasteiger partial charge in [0.2, 0.25) is 5.91 Å². The van der Waals surface area contributed by atoms with Gasteiger partial charge in [0.15, 0.2) is 0 Å². The maximum Gasteiger partial charge on any atom is 0.236 e. The zero-order chi connectivity index (χ0) is 14.7. The van der Waals surface area contributed by atoms with E-state index in [0.29, 0.717) is 18.6 Å². The fraction of sp³-hybridized carbons (Fsp3) is 0.933. The van der Waals surface area contributed by atoms with Crippen LogP contribution in [0.2, 0.25) is 0 Å². The number of hydrogen-bond acceptors (Lipinski definition) is 4. The summed E-state index contributed by atoms with van der Waals surface area (Å²) in [7, 11) is 1.99. The van der Waals surface area contributed by atoms with Gasteiger partial charge in [0, 0.05) is 38.3 Å². The summed E-state index contributed by atoms with van der Waals surface area (Å²) in [5, 5.41) is 9.97. The van der Waals surface area contributed by atoms with Crippen molar-refractivity contribution in [1.29, 1.82) is 0 Å². The van der Waals surface area contributed by atoms with Gasteiger partial charge >= 0.3 is 0 Å². The lowest BCUT2D eigenvalue weighted by atomic mass is 10.1. The number of nitrogens with zero attached hydrogens (tertiary/aromatic N) is 3. The summed E-state index contributed by atoms with van der Waals surface area (Å²) in [6.45, 7) is 8.11. The predicted octanol–water partition coefficient (Wildman–Crippen LogP) is 0.384. The first-order valence-electron chi connectivity index (χ1n) is 7.89. The van der Waals surface area contributed by atoms with Crippen molar-refractivity contribution in [3.05, 3.63) is 0 Å². The average Bonchev–Trinajstić information content (AvgIpc) is 2.85. The minimum absolute atomic E-state index is 0.163. The van der Waals surface area contributed by atoms with Crippen LogP contribution in [0.15, 0.2) is 0 Å². The third kappa shape index (κ3) is 3.71. The van der Waals surface area contributed by atoms with Gasteiger partial charge in [-0.3, -0.25) is 14.6 Å². The second-order valence-corrected chi connectivity index (χ2v) is 6.49. The van der Waals surface area contributed by atoms with Gasteiger partial charge in [0.25, 0.3) is 0 Å². The summed E-state index contributed by atoms with van der Waals surface area (Å²) < 4.78 is 0. The van der Waals surface area contributed by atoms with Gasteiger partial charge in [-0.1, -0.05) is 0 Å². The Kier molecular flexibility index (Phi) is 5.41. The summed E-state index contributed by atoms with van der Waals surface area (Å²) in [4.78, 5) is 18.6. The molecule has 0 spiro atoms. The third-order valence-electron chi connectivity index (χ3n) is 4.85. The molecule has 0 radical (unpaired) electrons. The highest BCUT2D eigenvalue weighted by atomic mass is 16.3. The molecule has 5 heteroatoms. The first-order valence-corrected chi connectivity index (χ1v) is 7.89. The van der Waals surface area contributed by atoms with Gasteiger partial charge in [0.1, 0.15) is 0 Å². The van der Waals surface area contributed by atoms with Crippen LogP contribution < -0.4 is 0 Å². The van der Waals surface area contributed by atoms with E-state index in [1.54, 1.807) is 0 Å². The van der Waals surface area contributed by atoms with E-state index >= 15 is 0 Å². The Morgan fingerprint density at radius 3 is 2.40 bits per heavy atom. The lowest BCUT2D eigenvalue weighted by Gasteiger charge is -2.39. The molecule has 5 nitrogen and oxygen atoms in total. The smallest absolute Gasteiger partial charge is 0.236 e. The van der Waals surface area contributed by atoms with E-state index in [1.807, 2.05) is 11.9 Å². The fourth-order valence-electron chi connectivity index (χ4n) is 3.15. The van der Waals surface area contributed by atoms with Crippen LogP contribution >= 0.6 is 0 Å². The van der Waals surface area contributed by atoms with Crippen LogP contribution in [0.5, 0.6) is 0 Å². The van der Waals surface area contributed by atoms with E-state index in [9.17, 15) is 9.90 Å². The summed E-state index contributed by atoms with van der Waals surface area (Å²) in [5.41, 5.74) is 0. The number of hydrogen-bond donors (Lipinski definition) is 1. The molecular weight excluding hydrogens is 254 g/mol. The van der Waals surface area contributed by atoms with Crippen molar-refractivity contribution in [2.75, 3.05) is 39.8 Å². The number of carbonyl (C=O) groups is 1. The first kappa shape index (κ1) is 15.7. The monoisotopic (exact) mass is 283 g/mol. The maximum atomic E-state index is 12.2. The fourth-order valence-corrected chi connectivity index (χ4v) is 3.15. The van der Waals surface area contributed by atoms with Crippen LogP contribution in [0.25, 0.3) is 0 Å². The summed E-state index contributed by atoms with van der Waals surface area (Å²) in [5.74, 6) is 0.229. The molecule has 1 amide bonds. The van der Waals surface area contributed by atoms with Gasteiger partial charge in [-0.2, -0.15) is 0 Å². The van der Waals surface area contributed by atoms with Crippen LogP contribution in [-0.2, 0) is 4.79 Å². The van der Waals surface area contributed by atoms with Crippen LogP contribution in [0, 0.1) is 0 Å². The van der Waals surface area contributed by atoms with Crippen LogP contribution in [-0.4, -0.2) is 83.7 Å². The molecule has 1 N–H and O–H groups in total. The van der Waals surface area contributed by atoms with E-state index in [2.05, 4.69) is 23.6 Å². The van der Waals surface area contributed by atoms with E-state index in [1.165, 1.54) is 0 Å². The van der Waals surface area contributed by atoms with E-state index < -0.39 is 0 Å². The summed E-state index contributed by atoms with van der Waals surface area (Å²) >= 11 is 0. The van der Waals surface area contributed by atoms with Crippen molar-refractivity contribution in [2.45, 2.75) is 51.3 Å². The minimum Gasteiger partial charge on any atom is -0.391 e. The number of rotatable bonds is 4. The first-order chi connectivity index (χ1) is 9.49. The third-order valence-corrected chi connectivity index (χ3v) is 4.85. The van der Waals surface area contributed by atoms with E-state index in [4.69, 9.17) is 0 Å². The zero-order valence-corrected chi connectivity index (χ0v) is 13.1. The van der Waals surface area contributed by atoms with Crippen molar-refractivity contribution < 1.29 is 9.90 Å². The molecule has 1 saturated heterocycles. The quantitative estimate of drug-likeness (QED) is 0.810. The number of aliphatic hydroxyl groups excluding tert-OH is 1. The molecule has 1 aliphatic heterocycles. The molecule has 20 heavy (non-hydrogen) atoms. The number of amides is 1. The minimum atomic E-state index is -0.163. The van der Waals surface area contributed by atoms with Crippen LogP contribution in [0.3, 0.4) is 0 Å². The topological polar surface area (TPSA) is 47.0 Å². The van der Waals surface area contributed by atoms with Gasteiger partial charge in [-0.15, -0.1) is 0 Å². The van der Waals surface area contributed by atoms with Crippen molar-refractivity contribution in [3.8, 4) is 0 Å². The Balaban J connectivity index is 1.77. The normalized spacial score (nSPS) is 28.6. The molecule has 116 valence electrons. The SMILES string of the molecule is CC(C)N(C)CC(=O)N1CCN([C@H]2CCC[C@H]2O)CC1. The summed E-state index contributed by atoms with van der Waals surface area (Å²) in [6.07, 6.45) is 3.00. The highest BCUT2D eigenvalue weighted by molar-refractivity contribution is 5.78. The Hall–Kier alpha value is -0.650. The number of likely N-dealkylation sites (N-methyl/N-ethyl adjacent to an activating group) is 1. The zero-order valence-electron chi connectivity index (χ0n) is 13.1. The van der Waals surface area contributed by atoms with Gasteiger partial charge < -0.3 is 10.0 Å². The number of aliphatic hydroxyl groups is 1. The Labute approximate surface area is 122 Å².